The Morgan fingerprint density at radius 2 is 2.00 bits per heavy atom. The van der Waals surface area contributed by atoms with Crippen molar-refractivity contribution in [2.45, 2.75) is 4.90 Å². The molecule has 15 heavy (non-hydrogen) atoms. The fourth-order valence-electron chi connectivity index (χ4n) is 0.861. The van der Waals surface area contributed by atoms with Crippen molar-refractivity contribution in [1.82, 2.24) is 0 Å². The van der Waals surface area contributed by atoms with Crippen LogP contribution in [0.25, 0.3) is 0 Å². The predicted molar refractivity (Wildman–Crippen MR) is 54.4 cm³/mol. The van der Waals surface area contributed by atoms with Gasteiger partial charge in [0.1, 0.15) is 4.90 Å². The van der Waals surface area contributed by atoms with Crippen LogP contribution in [0.2, 0.25) is 5.02 Å². The largest absolute Gasteiger partial charge is 0.478 e. The Kier molecular flexibility index (Phi) is 3.37. The molecule has 0 heterocycles. The highest BCUT2D eigenvalue weighted by atomic mass is 79.9. The molecule has 0 bridgehead atoms. The highest BCUT2D eigenvalue weighted by Crippen LogP contribution is 2.30. The summed E-state index contributed by atoms with van der Waals surface area (Å²) >= 11 is 8.40. The monoisotopic (exact) mass is 316 g/mol. The lowest BCUT2D eigenvalue weighted by Crippen LogP contribution is -2.01. The Morgan fingerprint density at radius 3 is 2.40 bits per heavy atom. The third-order valence-electron chi connectivity index (χ3n) is 1.51. The average Bonchev–Trinajstić information content (AvgIpc) is 2.06. The van der Waals surface area contributed by atoms with E-state index in [4.69, 9.17) is 16.7 Å². The number of benzene rings is 1. The Morgan fingerprint density at radius 1 is 1.47 bits per heavy atom. The van der Waals surface area contributed by atoms with Gasteiger partial charge in [-0.15, -0.1) is 3.89 Å². The van der Waals surface area contributed by atoms with E-state index >= 15 is 0 Å². The molecule has 0 fully saturated rings. The topological polar surface area (TPSA) is 71.4 Å². The molecule has 0 saturated carbocycles. The van der Waals surface area contributed by atoms with Crippen LogP contribution in [0.3, 0.4) is 0 Å². The lowest BCUT2D eigenvalue weighted by atomic mass is 10.2. The number of carboxylic acids is 1. The number of carboxylic acid groups (broad SMARTS) is 1. The van der Waals surface area contributed by atoms with Crippen molar-refractivity contribution in [2.75, 3.05) is 0 Å². The Labute approximate surface area is 98.0 Å². The van der Waals surface area contributed by atoms with Crippen molar-refractivity contribution in [1.29, 1.82) is 0 Å². The van der Waals surface area contributed by atoms with Gasteiger partial charge in [-0.3, -0.25) is 0 Å². The van der Waals surface area contributed by atoms with Crippen molar-refractivity contribution in [3.8, 4) is 0 Å². The maximum absolute atomic E-state index is 12.6. The van der Waals surface area contributed by atoms with Gasteiger partial charge in [-0.25, -0.2) is 4.79 Å². The summed E-state index contributed by atoms with van der Waals surface area (Å²) in [5.41, 5.74) is -0.484. The Balaban J connectivity index is 3.57. The van der Waals surface area contributed by atoms with Gasteiger partial charge in [-0.1, -0.05) is 11.6 Å². The smallest absolute Gasteiger partial charge is 0.337 e. The van der Waals surface area contributed by atoms with Gasteiger partial charge in [-0.05, 0) is 28.1 Å². The van der Waals surface area contributed by atoms with Gasteiger partial charge in [0, 0.05) is 4.47 Å². The molecule has 0 atom stereocenters. The molecule has 0 spiro atoms. The third-order valence-corrected chi connectivity index (χ3v) is 3.57. The molecule has 1 aromatic rings. The van der Waals surface area contributed by atoms with Crippen molar-refractivity contribution >= 4 is 43.7 Å². The second kappa shape index (κ2) is 4.07. The van der Waals surface area contributed by atoms with E-state index in [0.717, 1.165) is 6.07 Å². The normalized spacial score (nSPS) is 11.4. The van der Waals surface area contributed by atoms with Crippen LogP contribution in [-0.4, -0.2) is 19.5 Å². The van der Waals surface area contributed by atoms with E-state index in [1.165, 1.54) is 0 Å². The van der Waals surface area contributed by atoms with E-state index in [1.807, 2.05) is 0 Å². The van der Waals surface area contributed by atoms with Gasteiger partial charge in [0.2, 0.25) is 0 Å². The SMILES string of the molecule is O=C(O)c1cc(S(=O)(=O)F)cc(Br)c1Cl. The van der Waals surface area contributed by atoms with Crippen LogP contribution < -0.4 is 0 Å². The Bertz CT molecular complexity index is 528. The van der Waals surface area contributed by atoms with Crippen LogP contribution in [0.15, 0.2) is 21.5 Å². The van der Waals surface area contributed by atoms with Crippen LogP contribution in [0.1, 0.15) is 10.4 Å². The Hall–Kier alpha value is -0.660. The minimum Gasteiger partial charge on any atom is -0.478 e. The van der Waals surface area contributed by atoms with Crippen molar-refractivity contribution in [3.05, 3.63) is 27.2 Å². The predicted octanol–water partition coefficient (Wildman–Crippen LogP) is 2.46. The highest BCUT2D eigenvalue weighted by molar-refractivity contribution is 9.10. The molecule has 0 aliphatic heterocycles. The van der Waals surface area contributed by atoms with Gasteiger partial charge < -0.3 is 5.11 Å². The molecule has 1 aromatic carbocycles. The first-order valence-electron chi connectivity index (χ1n) is 3.40. The van der Waals surface area contributed by atoms with Crippen LogP contribution in [0, 0.1) is 0 Å². The summed E-state index contributed by atoms with van der Waals surface area (Å²) in [6.07, 6.45) is 0. The van der Waals surface area contributed by atoms with E-state index in [0.29, 0.717) is 6.07 Å². The van der Waals surface area contributed by atoms with Crippen LogP contribution >= 0.6 is 27.5 Å². The second-order valence-electron chi connectivity index (χ2n) is 2.51. The van der Waals surface area contributed by atoms with Gasteiger partial charge in [0.15, 0.2) is 0 Å². The summed E-state index contributed by atoms with van der Waals surface area (Å²) in [5, 5.41) is 8.47. The molecule has 0 radical (unpaired) electrons. The molecular weight excluding hydrogens is 314 g/mol. The first kappa shape index (κ1) is 12.4. The number of rotatable bonds is 2. The third kappa shape index (κ3) is 2.67. The molecule has 1 N–H and O–H groups in total. The molecule has 0 saturated heterocycles. The van der Waals surface area contributed by atoms with E-state index in [2.05, 4.69) is 15.9 Å². The maximum atomic E-state index is 12.6. The first-order chi connectivity index (χ1) is 6.73. The first-order valence-corrected chi connectivity index (χ1v) is 5.96. The van der Waals surface area contributed by atoms with Crippen molar-refractivity contribution < 1.29 is 22.2 Å². The minimum atomic E-state index is -4.95. The average molecular weight is 318 g/mol. The summed E-state index contributed by atoms with van der Waals surface area (Å²) in [6, 6.07) is 1.55. The molecule has 0 aromatic heterocycles. The molecule has 4 nitrogen and oxygen atoms in total. The molecule has 0 amide bonds. The van der Waals surface area contributed by atoms with Gasteiger partial charge >= 0.3 is 16.2 Å². The van der Waals surface area contributed by atoms with Gasteiger partial charge in [0.25, 0.3) is 0 Å². The van der Waals surface area contributed by atoms with Crippen LogP contribution in [-0.2, 0) is 10.2 Å². The molecule has 0 aliphatic carbocycles. The van der Waals surface area contributed by atoms with E-state index < -0.39 is 26.7 Å². The summed E-state index contributed by atoms with van der Waals surface area (Å²) < 4.78 is 33.7. The van der Waals surface area contributed by atoms with Crippen molar-refractivity contribution in [3.63, 3.8) is 0 Å². The highest BCUT2D eigenvalue weighted by Gasteiger charge is 2.19. The summed E-state index contributed by atoms with van der Waals surface area (Å²) in [5.74, 6) is -1.44. The lowest BCUT2D eigenvalue weighted by Gasteiger charge is -2.03. The molecule has 0 unspecified atom stereocenters. The van der Waals surface area contributed by atoms with E-state index in [9.17, 15) is 17.1 Å². The molecule has 0 aliphatic rings. The maximum Gasteiger partial charge on any atom is 0.337 e. The number of hydrogen-bond donors (Lipinski definition) is 1. The summed E-state index contributed by atoms with van der Waals surface area (Å²) in [6.45, 7) is 0. The summed E-state index contributed by atoms with van der Waals surface area (Å²) in [7, 11) is -4.95. The fourth-order valence-corrected chi connectivity index (χ4v) is 2.18. The number of hydrogen-bond acceptors (Lipinski definition) is 3. The number of carbonyl (C=O) groups is 1. The van der Waals surface area contributed by atoms with Crippen molar-refractivity contribution in [2.24, 2.45) is 0 Å². The zero-order chi connectivity index (χ0) is 11.8. The lowest BCUT2D eigenvalue weighted by molar-refractivity contribution is 0.0696. The number of halogens is 3. The quantitative estimate of drug-likeness (QED) is 0.851. The molecular formula is C7H3BrClFO4S. The fraction of sp³-hybridized carbons (Fsp3) is 0. The van der Waals surface area contributed by atoms with Crippen LogP contribution in [0.5, 0.6) is 0 Å². The minimum absolute atomic E-state index is 0.000270. The van der Waals surface area contributed by atoms with Gasteiger partial charge in [-0.2, -0.15) is 8.42 Å². The second-order valence-corrected chi connectivity index (χ2v) is 5.09. The number of aromatic carboxylic acids is 1. The standard InChI is InChI=1S/C7H3BrClFO4S/c8-5-2-3(15(10,13)14)1-4(6(5)9)7(11)12/h1-2H,(H,11,12). The van der Waals surface area contributed by atoms with E-state index in [-0.39, 0.29) is 9.50 Å². The molecule has 8 heteroatoms. The molecule has 1 rings (SSSR count). The van der Waals surface area contributed by atoms with Crippen LogP contribution in [0.4, 0.5) is 3.89 Å². The zero-order valence-corrected chi connectivity index (χ0v) is 10.0. The van der Waals surface area contributed by atoms with E-state index in [1.54, 1.807) is 0 Å². The zero-order valence-electron chi connectivity index (χ0n) is 6.87. The van der Waals surface area contributed by atoms with Gasteiger partial charge in [0.05, 0.1) is 10.6 Å². The summed E-state index contributed by atoms with van der Waals surface area (Å²) in [4.78, 5) is 9.88. The molecule has 82 valence electrons.